The molecule has 22 heavy (non-hydrogen) atoms. The summed E-state index contributed by atoms with van der Waals surface area (Å²) in [6, 6.07) is 4.70. The Labute approximate surface area is 129 Å². The van der Waals surface area contributed by atoms with Crippen LogP contribution in [0.3, 0.4) is 0 Å². The summed E-state index contributed by atoms with van der Waals surface area (Å²) in [5.41, 5.74) is -0.207. The van der Waals surface area contributed by atoms with Crippen molar-refractivity contribution < 1.29 is 18.0 Å². The molecule has 0 radical (unpaired) electrons. The Morgan fingerprint density at radius 1 is 1.32 bits per heavy atom. The van der Waals surface area contributed by atoms with Gasteiger partial charge in [0.1, 0.15) is 0 Å². The smallest absolute Gasteiger partial charge is 0.350 e. The third-order valence-electron chi connectivity index (χ3n) is 4.35. The number of halogens is 3. The average Bonchev–Trinajstić information content (AvgIpc) is 2.97. The van der Waals surface area contributed by atoms with Gasteiger partial charge in [0, 0.05) is 6.42 Å². The highest BCUT2D eigenvalue weighted by Gasteiger charge is 2.30. The molecule has 1 fully saturated rings. The molecular formula is C17H22F3NO. The van der Waals surface area contributed by atoms with Gasteiger partial charge < -0.3 is 5.32 Å². The standard InChI is InChI=1S/C17H22F3NO/c1-12(14-7-4-8-15(11-14)17(18,19)20)21-16(22)10-9-13-5-2-3-6-13/h4,7-8,11-13H,2-3,5-6,9-10H2,1H3,(H,21,22). The van der Waals surface area contributed by atoms with Gasteiger partial charge in [-0.1, -0.05) is 37.8 Å². The van der Waals surface area contributed by atoms with E-state index in [1.54, 1.807) is 13.0 Å². The number of hydrogen-bond acceptors (Lipinski definition) is 1. The van der Waals surface area contributed by atoms with Crippen molar-refractivity contribution in [2.75, 3.05) is 0 Å². The van der Waals surface area contributed by atoms with E-state index in [2.05, 4.69) is 5.32 Å². The van der Waals surface area contributed by atoms with Gasteiger partial charge in [-0.25, -0.2) is 0 Å². The van der Waals surface area contributed by atoms with Gasteiger partial charge in [0.25, 0.3) is 0 Å². The molecule has 1 saturated carbocycles. The van der Waals surface area contributed by atoms with Gasteiger partial charge in [-0.15, -0.1) is 0 Å². The van der Waals surface area contributed by atoms with Crippen molar-refractivity contribution in [3.05, 3.63) is 35.4 Å². The van der Waals surface area contributed by atoms with E-state index in [4.69, 9.17) is 0 Å². The second-order valence-corrected chi connectivity index (χ2v) is 6.10. The fourth-order valence-corrected chi connectivity index (χ4v) is 3.02. The number of alkyl halides is 3. The second-order valence-electron chi connectivity index (χ2n) is 6.10. The number of nitrogens with one attached hydrogen (secondary N) is 1. The summed E-state index contributed by atoms with van der Waals surface area (Å²) in [5.74, 6) is 0.548. The lowest BCUT2D eigenvalue weighted by Crippen LogP contribution is -2.27. The molecule has 0 heterocycles. The Kier molecular flexibility index (Phi) is 5.48. The topological polar surface area (TPSA) is 29.1 Å². The van der Waals surface area contributed by atoms with Gasteiger partial charge >= 0.3 is 6.18 Å². The van der Waals surface area contributed by atoms with E-state index in [-0.39, 0.29) is 5.91 Å². The highest BCUT2D eigenvalue weighted by molar-refractivity contribution is 5.76. The van der Waals surface area contributed by atoms with Gasteiger partial charge in [0.2, 0.25) is 5.91 Å². The molecule has 0 bridgehead atoms. The monoisotopic (exact) mass is 313 g/mol. The van der Waals surface area contributed by atoms with E-state index in [0.717, 1.165) is 18.6 Å². The zero-order chi connectivity index (χ0) is 16.2. The van der Waals surface area contributed by atoms with Crippen LogP contribution < -0.4 is 5.32 Å². The molecule has 0 aliphatic heterocycles. The number of amides is 1. The van der Waals surface area contributed by atoms with Crippen LogP contribution in [0.5, 0.6) is 0 Å². The lowest BCUT2D eigenvalue weighted by molar-refractivity contribution is -0.137. The molecule has 1 atom stereocenters. The fraction of sp³-hybridized carbons (Fsp3) is 0.588. The maximum Gasteiger partial charge on any atom is 0.416 e. The first kappa shape index (κ1) is 16.8. The van der Waals surface area contributed by atoms with Crippen LogP contribution in [0.2, 0.25) is 0 Å². The van der Waals surface area contributed by atoms with Crippen LogP contribution in [-0.4, -0.2) is 5.91 Å². The molecule has 1 N–H and O–H groups in total. The first-order chi connectivity index (χ1) is 10.4. The Morgan fingerprint density at radius 3 is 2.64 bits per heavy atom. The van der Waals surface area contributed by atoms with E-state index in [1.807, 2.05) is 0 Å². The number of rotatable bonds is 5. The molecule has 1 aromatic rings. The highest BCUT2D eigenvalue weighted by Crippen LogP contribution is 2.31. The number of carbonyl (C=O) groups excluding carboxylic acids is 1. The zero-order valence-corrected chi connectivity index (χ0v) is 12.7. The summed E-state index contributed by atoms with van der Waals surface area (Å²) >= 11 is 0. The van der Waals surface area contributed by atoms with E-state index in [0.29, 0.717) is 17.9 Å². The fourth-order valence-electron chi connectivity index (χ4n) is 3.02. The van der Waals surface area contributed by atoms with Crippen molar-refractivity contribution >= 4 is 5.91 Å². The van der Waals surface area contributed by atoms with Gasteiger partial charge in [-0.3, -0.25) is 4.79 Å². The van der Waals surface area contributed by atoms with Gasteiger partial charge in [-0.2, -0.15) is 13.2 Å². The van der Waals surface area contributed by atoms with Crippen molar-refractivity contribution in [2.24, 2.45) is 5.92 Å². The van der Waals surface area contributed by atoms with E-state index in [9.17, 15) is 18.0 Å². The Morgan fingerprint density at radius 2 is 2.00 bits per heavy atom. The first-order valence-electron chi connectivity index (χ1n) is 7.83. The molecule has 0 saturated heterocycles. The maximum absolute atomic E-state index is 12.7. The SMILES string of the molecule is CC(NC(=O)CCC1CCCC1)c1cccc(C(F)(F)F)c1. The van der Waals surface area contributed by atoms with Crippen LogP contribution in [0.15, 0.2) is 24.3 Å². The highest BCUT2D eigenvalue weighted by atomic mass is 19.4. The second kappa shape index (κ2) is 7.16. The average molecular weight is 313 g/mol. The Bertz CT molecular complexity index is 507. The largest absolute Gasteiger partial charge is 0.416 e. The van der Waals surface area contributed by atoms with Crippen molar-refractivity contribution in [3.63, 3.8) is 0 Å². The zero-order valence-electron chi connectivity index (χ0n) is 12.7. The lowest BCUT2D eigenvalue weighted by Gasteiger charge is -2.17. The molecule has 1 aliphatic carbocycles. The molecule has 2 nitrogen and oxygen atoms in total. The third-order valence-corrected chi connectivity index (χ3v) is 4.35. The van der Waals surface area contributed by atoms with Crippen LogP contribution in [-0.2, 0) is 11.0 Å². The van der Waals surface area contributed by atoms with Crippen molar-refractivity contribution in [2.45, 2.75) is 57.7 Å². The predicted molar refractivity (Wildman–Crippen MR) is 79.2 cm³/mol. The Hall–Kier alpha value is -1.52. The molecule has 1 unspecified atom stereocenters. The van der Waals surface area contributed by atoms with E-state index in [1.165, 1.54) is 31.7 Å². The van der Waals surface area contributed by atoms with Gasteiger partial charge in [-0.05, 0) is 37.0 Å². The minimum Gasteiger partial charge on any atom is -0.350 e. The minimum atomic E-state index is -4.36. The summed E-state index contributed by atoms with van der Waals surface area (Å²) in [4.78, 5) is 11.9. The molecule has 1 aliphatic rings. The maximum atomic E-state index is 12.7. The summed E-state index contributed by atoms with van der Waals surface area (Å²) in [7, 11) is 0. The molecule has 122 valence electrons. The molecule has 0 aromatic heterocycles. The molecule has 1 aromatic carbocycles. The van der Waals surface area contributed by atoms with Gasteiger partial charge in [0.15, 0.2) is 0 Å². The normalized spacial score (nSPS) is 17.5. The third kappa shape index (κ3) is 4.75. The summed E-state index contributed by atoms with van der Waals surface area (Å²) in [5, 5.41) is 2.79. The van der Waals surface area contributed by atoms with Crippen LogP contribution in [0.4, 0.5) is 13.2 Å². The van der Waals surface area contributed by atoms with Crippen LogP contribution >= 0.6 is 0 Å². The molecule has 0 spiro atoms. The van der Waals surface area contributed by atoms with Crippen molar-refractivity contribution in [1.82, 2.24) is 5.32 Å². The summed E-state index contributed by atoms with van der Waals surface area (Å²) in [6.45, 7) is 1.71. The minimum absolute atomic E-state index is 0.0863. The molecular weight excluding hydrogens is 291 g/mol. The number of carbonyl (C=O) groups is 1. The first-order valence-corrected chi connectivity index (χ1v) is 7.83. The molecule has 2 rings (SSSR count). The summed E-state index contributed by atoms with van der Waals surface area (Å²) in [6.07, 6.45) is 1.84. The van der Waals surface area contributed by atoms with Crippen molar-refractivity contribution in [3.8, 4) is 0 Å². The molecule has 5 heteroatoms. The van der Waals surface area contributed by atoms with E-state index >= 15 is 0 Å². The predicted octanol–water partition coefficient (Wildman–Crippen LogP) is 4.85. The number of benzene rings is 1. The number of hydrogen-bond donors (Lipinski definition) is 1. The Balaban J connectivity index is 1.88. The summed E-state index contributed by atoms with van der Waals surface area (Å²) < 4.78 is 38.1. The molecule has 1 amide bonds. The van der Waals surface area contributed by atoms with Crippen LogP contribution in [0.1, 0.15) is 62.6 Å². The lowest BCUT2D eigenvalue weighted by atomic mass is 10.0. The van der Waals surface area contributed by atoms with Crippen molar-refractivity contribution in [1.29, 1.82) is 0 Å². The van der Waals surface area contributed by atoms with Crippen LogP contribution in [0.25, 0.3) is 0 Å². The van der Waals surface area contributed by atoms with Crippen LogP contribution in [0, 0.1) is 5.92 Å². The van der Waals surface area contributed by atoms with Gasteiger partial charge in [0.05, 0.1) is 11.6 Å². The quantitative estimate of drug-likeness (QED) is 0.827. The van der Waals surface area contributed by atoms with E-state index < -0.39 is 17.8 Å².